The Morgan fingerprint density at radius 1 is 1.43 bits per heavy atom. The standard InChI is InChI=1S/C9H15N3OS/c13-9(4-2-1-3-5-9)6-10-8-12-11-7-14-8/h7,13H,1-6H2,(H,10,12). The summed E-state index contributed by atoms with van der Waals surface area (Å²) >= 11 is 1.47. The zero-order valence-corrected chi connectivity index (χ0v) is 8.89. The Bertz CT molecular complexity index is 270. The van der Waals surface area contributed by atoms with E-state index in [4.69, 9.17) is 0 Å². The van der Waals surface area contributed by atoms with Crippen LogP contribution in [0.3, 0.4) is 0 Å². The minimum Gasteiger partial charge on any atom is -0.388 e. The average molecular weight is 213 g/mol. The number of nitrogens with one attached hydrogen (secondary N) is 1. The molecule has 1 aromatic rings. The molecule has 1 fully saturated rings. The van der Waals surface area contributed by atoms with Gasteiger partial charge in [0.25, 0.3) is 0 Å². The Balaban J connectivity index is 1.84. The molecule has 1 aromatic heterocycles. The van der Waals surface area contributed by atoms with Gasteiger partial charge < -0.3 is 10.4 Å². The number of aromatic nitrogens is 2. The summed E-state index contributed by atoms with van der Waals surface area (Å²) in [4.78, 5) is 0. The van der Waals surface area contributed by atoms with Gasteiger partial charge in [-0.25, -0.2) is 0 Å². The first-order valence-electron chi connectivity index (χ1n) is 5.01. The molecule has 1 saturated carbocycles. The topological polar surface area (TPSA) is 58.0 Å². The van der Waals surface area contributed by atoms with Crippen LogP contribution < -0.4 is 5.32 Å². The van der Waals surface area contributed by atoms with Crippen molar-refractivity contribution in [2.24, 2.45) is 0 Å². The molecule has 0 aromatic carbocycles. The Morgan fingerprint density at radius 2 is 2.21 bits per heavy atom. The molecule has 0 spiro atoms. The molecule has 78 valence electrons. The fraction of sp³-hybridized carbons (Fsp3) is 0.778. The first kappa shape index (κ1) is 9.86. The van der Waals surface area contributed by atoms with Gasteiger partial charge in [0.15, 0.2) is 0 Å². The van der Waals surface area contributed by atoms with E-state index >= 15 is 0 Å². The molecule has 0 unspecified atom stereocenters. The van der Waals surface area contributed by atoms with Crippen molar-refractivity contribution in [1.82, 2.24) is 10.2 Å². The lowest BCUT2D eigenvalue weighted by Gasteiger charge is -2.31. The zero-order chi connectivity index (χ0) is 9.86. The smallest absolute Gasteiger partial charge is 0.205 e. The van der Waals surface area contributed by atoms with Crippen molar-refractivity contribution in [3.63, 3.8) is 0 Å². The quantitative estimate of drug-likeness (QED) is 0.801. The van der Waals surface area contributed by atoms with Crippen molar-refractivity contribution in [2.45, 2.75) is 37.7 Å². The number of hydrogen-bond donors (Lipinski definition) is 2. The lowest BCUT2D eigenvalue weighted by molar-refractivity contribution is 0.0167. The van der Waals surface area contributed by atoms with Crippen molar-refractivity contribution in [1.29, 1.82) is 0 Å². The number of nitrogens with zero attached hydrogens (tertiary/aromatic N) is 2. The van der Waals surface area contributed by atoms with E-state index in [0.29, 0.717) is 6.54 Å². The Hall–Kier alpha value is -0.680. The van der Waals surface area contributed by atoms with Gasteiger partial charge in [-0.05, 0) is 12.8 Å². The second kappa shape index (κ2) is 4.23. The van der Waals surface area contributed by atoms with E-state index in [2.05, 4.69) is 15.5 Å². The van der Waals surface area contributed by atoms with Crippen molar-refractivity contribution in [3.05, 3.63) is 5.51 Å². The number of anilines is 1. The van der Waals surface area contributed by atoms with Crippen LogP contribution in [0.25, 0.3) is 0 Å². The van der Waals surface area contributed by atoms with Gasteiger partial charge in [-0.3, -0.25) is 0 Å². The molecule has 0 atom stereocenters. The molecule has 2 N–H and O–H groups in total. The third-order valence-corrected chi connectivity index (χ3v) is 3.36. The molecule has 0 aliphatic heterocycles. The molecule has 0 saturated heterocycles. The molecule has 1 aliphatic carbocycles. The van der Waals surface area contributed by atoms with E-state index in [0.717, 1.165) is 30.8 Å². The minimum atomic E-state index is -0.524. The minimum absolute atomic E-state index is 0.524. The van der Waals surface area contributed by atoms with Gasteiger partial charge in [0, 0.05) is 6.54 Å². The van der Waals surface area contributed by atoms with E-state index in [1.807, 2.05) is 0 Å². The normalized spacial score (nSPS) is 20.6. The Labute approximate surface area is 87.4 Å². The predicted octanol–water partition coefficient (Wildman–Crippen LogP) is 1.65. The largest absolute Gasteiger partial charge is 0.388 e. The van der Waals surface area contributed by atoms with Crippen LogP contribution in [0.4, 0.5) is 5.13 Å². The van der Waals surface area contributed by atoms with E-state index < -0.39 is 5.60 Å². The molecule has 5 heteroatoms. The maximum Gasteiger partial charge on any atom is 0.205 e. The summed E-state index contributed by atoms with van der Waals surface area (Å²) in [5.41, 5.74) is 1.16. The molecular formula is C9H15N3OS. The highest BCUT2D eigenvalue weighted by Gasteiger charge is 2.28. The molecule has 0 amide bonds. The van der Waals surface area contributed by atoms with Gasteiger partial charge in [-0.1, -0.05) is 30.6 Å². The highest BCUT2D eigenvalue weighted by atomic mass is 32.1. The Kier molecular flexibility index (Phi) is 2.98. The molecule has 14 heavy (non-hydrogen) atoms. The number of rotatable bonds is 3. The fourth-order valence-electron chi connectivity index (χ4n) is 1.88. The third-order valence-electron chi connectivity index (χ3n) is 2.71. The van der Waals surface area contributed by atoms with E-state index in [1.54, 1.807) is 5.51 Å². The van der Waals surface area contributed by atoms with Gasteiger partial charge >= 0.3 is 0 Å². The second-order valence-corrected chi connectivity index (χ2v) is 4.72. The van der Waals surface area contributed by atoms with Gasteiger partial charge in [0.2, 0.25) is 5.13 Å². The molecule has 0 radical (unpaired) electrons. The van der Waals surface area contributed by atoms with Gasteiger partial charge in [0.1, 0.15) is 5.51 Å². The van der Waals surface area contributed by atoms with Crippen LogP contribution >= 0.6 is 11.3 Å². The average Bonchev–Trinajstić information content (AvgIpc) is 2.69. The molecule has 1 aliphatic rings. The fourth-order valence-corrected chi connectivity index (χ4v) is 2.32. The first-order chi connectivity index (χ1) is 6.79. The van der Waals surface area contributed by atoms with Gasteiger partial charge in [-0.15, -0.1) is 10.2 Å². The summed E-state index contributed by atoms with van der Waals surface area (Å²) in [6, 6.07) is 0. The SMILES string of the molecule is OC1(CNc2nncs2)CCCCC1. The highest BCUT2D eigenvalue weighted by molar-refractivity contribution is 7.13. The Morgan fingerprint density at radius 3 is 2.86 bits per heavy atom. The summed E-state index contributed by atoms with van der Waals surface area (Å²) in [6.45, 7) is 0.599. The van der Waals surface area contributed by atoms with E-state index in [9.17, 15) is 5.11 Å². The maximum absolute atomic E-state index is 10.2. The molecule has 4 nitrogen and oxygen atoms in total. The number of aliphatic hydroxyl groups is 1. The second-order valence-electron chi connectivity index (χ2n) is 3.88. The zero-order valence-electron chi connectivity index (χ0n) is 8.07. The predicted molar refractivity (Wildman–Crippen MR) is 56.4 cm³/mol. The number of hydrogen-bond acceptors (Lipinski definition) is 5. The van der Waals surface area contributed by atoms with Gasteiger partial charge in [-0.2, -0.15) is 0 Å². The first-order valence-corrected chi connectivity index (χ1v) is 5.89. The summed E-state index contributed by atoms with van der Waals surface area (Å²) in [5.74, 6) is 0. The van der Waals surface area contributed by atoms with Crippen LogP contribution in [0.1, 0.15) is 32.1 Å². The lowest BCUT2D eigenvalue weighted by Crippen LogP contribution is -2.38. The lowest BCUT2D eigenvalue weighted by atomic mass is 9.85. The van der Waals surface area contributed by atoms with E-state index in [-0.39, 0.29) is 0 Å². The third kappa shape index (κ3) is 2.42. The molecule has 0 bridgehead atoms. The molecular weight excluding hydrogens is 198 g/mol. The van der Waals surface area contributed by atoms with Crippen LogP contribution in [-0.4, -0.2) is 27.4 Å². The summed E-state index contributed by atoms with van der Waals surface area (Å²) in [5, 5.41) is 21.7. The van der Waals surface area contributed by atoms with Crippen molar-refractivity contribution >= 4 is 16.5 Å². The highest BCUT2D eigenvalue weighted by Crippen LogP contribution is 2.28. The summed E-state index contributed by atoms with van der Waals surface area (Å²) < 4.78 is 0. The summed E-state index contributed by atoms with van der Waals surface area (Å²) in [7, 11) is 0. The molecule has 2 rings (SSSR count). The maximum atomic E-state index is 10.2. The van der Waals surface area contributed by atoms with Crippen LogP contribution in [0.5, 0.6) is 0 Å². The molecule has 1 heterocycles. The monoisotopic (exact) mass is 213 g/mol. The van der Waals surface area contributed by atoms with Crippen LogP contribution in [0.15, 0.2) is 5.51 Å². The van der Waals surface area contributed by atoms with Crippen molar-refractivity contribution in [2.75, 3.05) is 11.9 Å². The van der Waals surface area contributed by atoms with E-state index in [1.165, 1.54) is 17.8 Å². The van der Waals surface area contributed by atoms with Crippen LogP contribution in [0.2, 0.25) is 0 Å². The summed E-state index contributed by atoms with van der Waals surface area (Å²) in [6.07, 6.45) is 5.32. The van der Waals surface area contributed by atoms with Crippen molar-refractivity contribution in [3.8, 4) is 0 Å². The van der Waals surface area contributed by atoms with Crippen molar-refractivity contribution < 1.29 is 5.11 Å². The van der Waals surface area contributed by atoms with Crippen LogP contribution in [-0.2, 0) is 0 Å². The van der Waals surface area contributed by atoms with Crippen LogP contribution in [0, 0.1) is 0 Å². The van der Waals surface area contributed by atoms with Gasteiger partial charge in [0.05, 0.1) is 5.60 Å².